The quantitative estimate of drug-likeness (QED) is 0.767. The van der Waals surface area contributed by atoms with Crippen molar-refractivity contribution in [3.05, 3.63) is 65.7 Å². The van der Waals surface area contributed by atoms with Gasteiger partial charge >= 0.3 is 6.09 Å². The van der Waals surface area contributed by atoms with E-state index in [1.54, 1.807) is 7.05 Å². The molecule has 0 heterocycles. The van der Waals surface area contributed by atoms with Crippen molar-refractivity contribution < 1.29 is 14.3 Å². The van der Waals surface area contributed by atoms with Crippen LogP contribution in [0.1, 0.15) is 45.2 Å². The first-order chi connectivity index (χ1) is 13.2. The maximum atomic E-state index is 12.7. The minimum atomic E-state index is -0.606. The van der Waals surface area contributed by atoms with Crippen LogP contribution in [-0.4, -0.2) is 30.0 Å². The number of hydrogen-bond donors (Lipinski definition) is 1. The van der Waals surface area contributed by atoms with Gasteiger partial charge in [-0.3, -0.25) is 9.69 Å². The van der Waals surface area contributed by atoms with Gasteiger partial charge < -0.3 is 10.1 Å². The standard InChI is InChI=1S/C23H30N2O3/c1-6-20(25(5)22(27)28-16-17-10-8-7-9-11-17)21(26)24-19-14-12-18(13-15-19)23(2,3)4/h7-15,20H,6,16H2,1-5H3,(H,24,26). The molecule has 0 bridgehead atoms. The van der Waals surface area contributed by atoms with Crippen LogP contribution in [0.5, 0.6) is 0 Å². The molecule has 0 aromatic heterocycles. The fourth-order valence-corrected chi connectivity index (χ4v) is 2.86. The van der Waals surface area contributed by atoms with Crippen LogP contribution in [0.4, 0.5) is 10.5 Å². The summed E-state index contributed by atoms with van der Waals surface area (Å²) in [4.78, 5) is 26.4. The molecule has 0 saturated heterocycles. The monoisotopic (exact) mass is 382 g/mol. The molecule has 0 aliphatic rings. The first-order valence-corrected chi connectivity index (χ1v) is 9.57. The SMILES string of the molecule is CCC(C(=O)Nc1ccc(C(C)(C)C)cc1)N(C)C(=O)OCc1ccccc1. The number of ether oxygens (including phenoxy) is 1. The maximum absolute atomic E-state index is 12.7. The maximum Gasteiger partial charge on any atom is 0.410 e. The second-order valence-electron chi connectivity index (χ2n) is 7.89. The average molecular weight is 383 g/mol. The highest BCUT2D eigenvalue weighted by molar-refractivity contribution is 5.96. The predicted octanol–water partition coefficient (Wildman–Crippen LogP) is 4.97. The smallest absolute Gasteiger partial charge is 0.410 e. The molecular formula is C23H30N2O3. The van der Waals surface area contributed by atoms with Crippen LogP contribution in [0.25, 0.3) is 0 Å². The summed E-state index contributed by atoms with van der Waals surface area (Å²) in [6, 6.07) is 16.6. The minimum absolute atomic E-state index is 0.0528. The van der Waals surface area contributed by atoms with E-state index in [1.807, 2.05) is 61.5 Å². The third-order valence-electron chi connectivity index (χ3n) is 4.67. The molecule has 1 N–H and O–H groups in total. The number of likely N-dealkylation sites (N-methyl/N-ethyl adjacent to an activating group) is 1. The van der Waals surface area contributed by atoms with Crippen molar-refractivity contribution in [3.8, 4) is 0 Å². The molecule has 150 valence electrons. The van der Waals surface area contributed by atoms with Crippen molar-refractivity contribution >= 4 is 17.7 Å². The van der Waals surface area contributed by atoms with Gasteiger partial charge in [0.15, 0.2) is 0 Å². The first-order valence-electron chi connectivity index (χ1n) is 9.57. The molecular weight excluding hydrogens is 352 g/mol. The summed E-state index contributed by atoms with van der Waals surface area (Å²) in [5.74, 6) is -0.231. The molecule has 0 fully saturated rings. The lowest BCUT2D eigenvalue weighted by Crippen LogP contribution is -2.44. The number of carbonyl (C=O) groups is 2. The summed E-state index contributed by atoms with van der Waals surface area (Å²) in [5, 5.41) is 2.89. The van der Waals surface area contributed by atoms with E-state index in [1.165, 1.54) is 10.5 Å². The van der Waals surface area contributed by atoms with Crippen molar-refractivity contribution in [2.24, 2.45) is 0 Å². The van der Waals surface area contributed by atoms with E-state index in [9.17, 15) is 9.59 Å². The fraction of sp³-hybridized carbons (Fsp3) is 0.391. The van der Waals surface area contributed by atoms with E-state index < -0.39 is 12.1 Å². The number of rotatable bonds is 6. The Morgan fingerprint density at radius 1 is 1.04 bits per heavy atom. The number of hydrogen-bond acceptors (Lipinski definition) is 3. The molecule has 2 aromatic carbocycles. The number of amides is 2. The highest BCUT2D eigenvalue weighted by Crippen LogP contribution is 2.23. The minimum Gasteiger partial charge on any atom is -0.445 e. The van der Waals surface area contributed by atoms with E-state index in [2.05, 4.69) is 26.1 Å². The topological polar surface area (TPSA) is 58.6 Å². The van der Waals surface area contributed by atoms with Crippen LogP contribution in [-0.2, 0) is 21.6 Å². The Morgan fingerprint density at radius 2 is 1.64 bits per heavy atom. The summed E-state index contributed by atoms with van der Waals surface area (Å²) in [6.45, 7) is 8.47. The molecule has 1 atom stereocenters. The largest absolute Gasteiger partial charge is 0.445 e. The zero-order chi connectivity index (χ0) is 20.7. The molecule has 28 heavy (non-hydrogen) atoms. The molecule has 0 aliphatic carbocycles. The van der Waals surface area contributed by atoms with Gasteiger partial charge in [-0.05, 0) is 35.1 Å². The van der Waals surface area contributed by atoms with E-state index in [-0.39, 0.29) is 17.9 Å². The predicted molar refractivity (Wildman–Crippen MR) is 112 cm³/mol. The first kappa shape index (κ1) is 21.5. The summed E-state index contributed by atoms with van der Waals surface area (Å²) < 4.78 is 5.33. The normalized spacial score (nSPS) is 12.2. The highest BCUT2D eigenvalue weighted by atomic mass is 16.6. The molecule has 2 aromatic rings. The van der Waals surface area contributed by atoms with Gasteiger partial charge in [-0.25, -0.2) is 4.79 Å². The van der Waals surface area contributed by atoms with E-state index >= 15 is 0 Å². The Morgan fingerprint density at radius 3 is 2.18 bits per heavy atom. The number of nitrogens with one attached hydrogen (secondary N) is 1. The van der Waals surface area contributed by atoms with Gasteiger partial charge in [0.05, 0.1) is 0 Å². The Labute approximate surface area is 167 Å². The summed E-state index contributed by atoms with van der Waals surface area (Å²) >= 11 is 0. The Balaban J connectivity index is 1.96. The summed E-state index contributed by atoms with van der Waals surface area (Å²) in [7, 11) is 1.59. The van der Waals surface area contributed by atoms with Crippen LogP contribution in [0.3, 0.4) is 0 Å². The average Bonchev–Trinajstić information content (AvgIpc) is 2.67. The van der Waals surface area contributed by atoms with Gasteiger partial charge in [0.2, 0.25) is 5.91 Å². The number of carbonyl (C=O) groups excluding carboxylic acids is 2. The van der Waals surface area contributed by atoms with E-state index in [0.717, 1.165) is 5.56 Å². The molecule has 0 radical (unpaired) electrons. The van der Waals surface area contributed by atoms with Crippen molar-refractivity contribution in [1.82, 2.24) is 4.90 Å². The molecule has 2 amide bonds. The lowest BCUT2D eigenvalue weighted by molar-refractivity contribution is -0.120. The third kappa shape index (κ3) is 5.84. The van der Waals surface area contributed by atoms with Gasteiger partial charge in [-0.15, -0.1) is 0 Å². The molecule has 0 spiro atoms. The zero-order valence-electron chi connectivity index (χ0n) is 17.4. The molecule has 1 unspecified atom stereocenters. The van der Waals surface area contributed by atoms with Crippen molar-refractivity contribution in [2.75, 3.05) is 12.4 Å². The number of anilines is 1. The van der Waals surface area contributed by atoms with Crippen LogP contribution >= 0.6 is 0 Å². The van der Waals surface area contributed by atoms with Crippen molar-refractivity contribution in [1.29, 1.82) is 0 Å². The molecule has 5 nitrogen and oxygen atoms in total. The van der Waals surface area contributed by atoms with Crippen molar-refractivity contribution in [2.45, 2.75) is 52.2 Å². The Hall–Kier alpha value is -2.82. The lowest BCUT2D eigenvalue weighted by Gasteiger charge is -2.26. The molecule has 2 rings (SSSR count). The van der Waals surface area contributed by atoms with Crippen molar-refractivity contribution in [3.63, 3.8) is 0 Å². The van der Waals surface area contributed by atoms with Crippen LogP contribution in [0.15, 0.2) is 54.6 Å². The summed E-state index contributed by atoms with van der Waals surface area (Å²) in [5.41, 5.74) is 2.86. The van der Waals surface area contributed by atoms with Crippen LogP contribution in [0, 0.1) is 0 Å². The Kier molecular flexibility index (Phi) is 7.21. The Bertz CT molecular complexity index is 780. The van der Waals surface area contributed by atoms with E-state index in [0.29, 0.717) is 12.1 Å². The molecule has 0 saturated carbocycles. The highest BCUT2D eigenvalue weighted by Gasteiger charge is 2.26. The van der Waals surface area contributed by atoms with Crippen LogP contribution in [0.2, 0.25) is 0 Å². The second-order valence-corrected chi connectivity index (χ2v) is 7.89. The van der Waals surface area contributed by atoms with Gasteiger partial charge in [-0.2, -0.15) is 0 Å². The van der Waals surface area contributed by atoms with Gasteiger partial charge in [0.1, 0.15) is 12.6 Å². The summed E-state index contributed by atoms with van der Waals surface area (Å²) in [6.07, 6.45) is -0.0306. The van der Waals surface area contributed by atoms with Gasteiger partial charge in [0, 0.05) is 12.7 Å². The van der Waals surface area contributed by atoms with E-state index in [4.69, 9.17) is 4.74 Å². The second kappa shape index (κ2) is 9.40. The lowest BCUT2D eigenvalue weighted by atomic mass is 9.87. The number of benzene rings is 2. The zero-order valence-corrected chi connectivity index (χ0v) is 17.4. The van der Waals surface area contributed by atoms with Gasteiger partial charge in [0.25, 0.3) is 0 Å². The van der Waals surface area contributed by atoms with Crippen LogP contribution < -0.4 is 5.32 Å². The molecule has 0 aliphatic heterocycles. The number of nitrogens with zero attached hydrogens (tertiary/aromatic N) is 1. The fourth-order valence-electron chi connectivity index (χ4n) is 2.86. The molecule has 5 heteroatoms. The third-order valence-corrected chi connectivity index (χ3v) is 4.67. The van der Waals surface area contributed by atoms with Gasteiger partial charge in [-0.1, -0.05) is 70.2 Å².